The minimum atomic E-state index is 0.340. The zero-order valence-electron chi connectivity index (χ0n) is 5.66. The van der Waals surface area contributed by atoms with E-state index in [9.17, 15) is 4.79 Å². The van der Waals surface area contributed by atoms with Crippen molar-refractivity contribution in [3.8, 4) is 0 Å². The minimum absolute atomic E-state index is 0.340. The molecule has 0 fully saturated rings. The lowest BCUT2D eigenvalue weighted by atomic mass is 10.3. The van der Waals surface area contributed by atoms with E-state index in [0.717, 1.165) is 5.56 Å². The SMILES string of the molecule is COCc1coc(C=O)c1. The van der Waals surface area contributed by atoms with Crippen molar-refractivity contribution in [1.29, 1.82) is 0 Å². The summed E-state index contributed by atoms with van der Waals surface area (Å²) in [5.74, 6) is 0.340. The van der Waals surface area contributed by atoms with Gasteiger partial charge in [0.25, 0.3) is 0 Å². The Hall–Kier alpha value is -1.09. The molecule has 0 spiro atoms. The van der Waals surface area contributed by atoms with Crippen molar-refractivity contribution in [3.63, 3.8) is 0 Å². The molecule has 0 aliphatic carbocycles. The molecule has 0 bridgehead atoms. The summed E-state index contributed by atoms with van der Waals surface area (Å²) in [5, 5.41) is 0. The number of furan rings is 1. The first-order valence-electron chi connectivity index (χ1n) is 2.88. The maximum absolute atomic E-state index is 10.1. The van der Waals surface area contributed by atoms with Crippen LogP contribution in [0.1, 0.15) is 16.1 Å². The van der Waals surface area contributed by atoms with Crippen LogP contribution in [0.3, 0.4) is 0 Å². The van der Waals surface area contributed by atoms with Crippen LogP contribution >= 0.6 is 0 Å². The van der Waals surface area contributed by atoms with Gasteiger partial charge < -0.3 is 9.15 Å². The molecule has 3 heteroatoms. The fourth-order valence-electron chi connectivity index (χ4n) is 0.699. The third kappa shape index (κ3) is 1.45. The highest BCUT2D eigenvalue weighted by atomic mass is 16.5. The van der Waals surface area contributed by atoms with Gasteiger partial charge in [-0.1, -0.05) is 0 Å². The van der Waals surface area contributed by atoms with Crippen molar-refractivity contribution < 1.29 is 13.9 Å². The van der Waals surface area contributed by atoms with Gasteiger partial charge >= 0.3 is 0 Å². The predicted octanol–water partition coefficient (Wildman–Crippen LogP) is 1.24. The second-order valence-electron chi connectivity index (χ2n) is 1.91. The summed E-state index contributed by atoms with van der Waals surface area (Å²) in [4.78, 5) is 10.1. The molecule has 1 aromatic heterocycles. The van der Waals surface area contributed by atoms with Crippen molar-refractivity contribution in [1.82, 2.24) is 0 Å². The highest BCUT2D eigenvalue weighted by Gasteiger charge is 1.97. The lowest BCUT2D eigenvalue weighted by molar-refractivity contribution is 0.110. The van der Waals surface area contributed by atoms with Crippen LogP contribution in [0.25, 0.3) is 0 Å². The lowest BCUT2D eigenvalue weighted by Crippen LogP contribution is -1.82. The molecule has 0 aliphatic heterocycles. The van der Waals surface area contributed by atoms with Gasteiger partial charge in [-0.05, 0) is 6.07 Å². The van der Waals surface area contributed by atoms with E-state index in [4.69, 9.17) is 9.15 Å². The Labute approximate surface area is 58.6 Å². The third-order valence-electron chi connectivity index (χ3n) is 1.10. The van der Waals surface area contributed by atoms with Gasteiger partial charge in [-0.2, -0.15) is 0 Å². The second kappa shape index (κ2) is 3.17. The van der Waals surface area contributed by atoms with Gasteiger partial charge in [0.15, 0.2) is 12.0 Å². The Morgan fingerprint density at radius 1 is 1.80 bits per heavy atom. The van der Waals surface area contributed by atoms with E-state index in [-0.39, 0.29) is 0 Å². The van der Waals surface area contributed by atoms with Crippen LogP contribution in [0, 0.1) is 0 Å². The Balaban J connectivity index is 2.68. The molecule has 0 saturated carbocycles. The van der Waals surface area contributed by atoms with Crippen LogP contribution in [-0.2, 0) is 11.3 Å². The van der Waals surface area contributed by atoms with Crippen LogP contribution in [0.2, 0.25) is 0 Å². The topological polar surface area (TPSA) is 39.4 Å². The standard InChI is InChI=1S/C7H8O3/c1-9-4-6-2-7(3-8)10-5-6/h2-3,5H,4H2,1H3. The maximum atomic E-state index is 10.1. The molecule has 1 aromatic rings. The molecule has 0 radical (unpaired) electrons. The average Bonchev–Trinajstić information content (AvgIpc) is 2.37. The number of hydrogen-bond acceptors (Lipinski definition) is 3. The summed E-state index contributed by atoms with van der Waals surface area (Å²) in [6, 6.07) is 1.65. The number of carbonyl (C=O) groups excluding carboxylic acids is 1. The number of hydrogen-bond donors (Lipinski definition) is 0. The summed E-state index contributed by atoms with van der Waals surface area (Å²) < 4.78 is 9.63. The normalized spacial score (nSPS) is 9.70. The van der Waals surface area contributed by atoms with Crippen LogP contribution < -0.4 is 0 Å². The van der Waals surface area contributed by atoms with E-state index < -0.39 is 0 Å². The molecule has 0 N–H and O–H groups in total. The molecular formula is C7H8O3. The zero-order valence-corrected chi connectivity index (χ0v) is 5.66. The van der Waals surface area contributed by atoms with Crippen LogP contribution in [0.15, 0.2) is 16.7 Å². The van der Waals surface area contributed by atoms with E-state index in [1.54, 1.807) is 13.2 Å². The molecule has 0 aromatic carbocycles. The van der Waals surface area contributed by atoms with E-state index in [1.165, 1.54) is 6.26 Å². The van der Waals surface area contributed by atoms with E-state index in [2.05, 4.69) is 0 Å². The highest BCUT2D eigenvalue weighted by Crippen LogP contribution is 2.05. The third-order valence-corrected chi connectivity index (χ3v) is 1.10. The van der Waals surface area contributed by atoms with Gasteiger partial charge in [0.05, 0.1) is 12.9 Å². The molecule has 0 amide bonds. The smallest absolute Gasteiger partial charge is 0.185 e. The van der Waals surface area contributed by atoms with Crippen molar-refractivity contribution in [2.75, 3.05) is 7.11 Å². The predicted molar refractivity (Wildman–Crippen MR) is 34.8 cm³/mol. The fourth-order valence-corrected chi connectivity index (χ4v) is 0.699. The summed E-state index contributed by atoms with van der Waals surface area (Å²) in [6.07, 6.45) is 2.17. The fraction of sp³-hybridized carbons (Fsp3) is 0.286. The first-order valence-corrected chi connectivity index (χ1v) is 2.88. The van der Waals surface area contributed by atoms with Gasteiger partial charge in [-0.15, -0.1) is 0 Å². The van der Waals surface area contributed by atoms with Crippen LogP contribution in [-0.4, -0.2) is 13.4 Å². The quantitative estimate of drug-likeness (QED) is 0.593. The van der Waals surface area contributed by atoms with Crippen LogP contribution in [0.5, 0.6) is 0 Å². The molecule has 10 heavy (non-hydrogen) atoms. The number of aldehydes is 1. The van der Waals surface area contributed by atoms with Crippen LogP contribution in [0.4, 0.5) is 0 Å². The minimum Gasteiger partial charge on any atom is -0.461 e. The Bertz CT molecular complexity index is 214. The second-order valence-corrected chi connectivity index (χ2v) is 1.91. The first kappa shape index (κ1) is 7.02. The Morgan fingerprint density at radius 3 is 3.10 bits per heavy atom. The van der Waals surface area contributed by atoms with Gasteiger partial charge in [0.2, 0.25) is 0 Å². The molecule has 1 rings (SSSR count). The maximum Gasteiger partial charge on any atom is 0.185 e. The number of rotatable bonds is 3. The van der Waals surface area contributed by atoms with Gasteiger partial charge in [-0.25, -0.2) is 0 Å². The molecular weight excluding hydrogens is 132 g/mol. The summed E-state index contributed by atoms with van der Waals surface area (Å²) >= 11 is 0. The summed E-state index contributed by atoms with van der Waals surface area (Å²) in [5.41, 5.74) is 0.879. The molecule has 0 atom stereocenters. The number of ether oxygens (including phenoxy) is 1. The van der Waals surface area contributed by atoms with Gasteiger partial charge in [0.1, 0.15) is 0 Å². The van der Waals surface area contributed by atoms with E-state index >= 15 is 0 Å². The summed E-state index contributed by atoms with van der Waals surface area (Å²) in [6.45, 7) is 0.483. The lowest BCUT2D eigenvalue weighted by Gasteiger charge is -1.88. The monoisotopic (exact) mass is 140 g/mol. The molecule has 3 nitrogen and oxygen atoms in total. The number of methoxy groups -OCH3 is 1. The Morgan fingerprint density at radius 2 is 2.60 bits per heavy atom. The highest BCUT2D eigenvalue weighted by molar-refractivity contribution is 5.70. The zero-order chi connectivity index (χ0) is 7.40. The summed E-state index contributed by atoms with van der Waals surface area (Å²) in [7, 11) is 1.59. The van der Waals surface area contributed by atoms with Crippen molar-refractivity contribution in [3.05, 3.63) is 23.7 Å². The van der Waals surface area contributed by atoms with E-state index in [0.29, 0.717) is 18.7 Å². The Kier molecular flexibility index (Phi) is 2.23. The van der Waals surface area contributed by atoms with Gasteiger partial charge in [0, 0.05) is 12.7 Å². The van der Waals surface area contributed by atoms with Crippen molar-refractivity contribution in [2.45, 2.75) is 6.61 Å². The molecule has 0 saturated heterocycles. The van der Waals surface area contributed by atoms with Crippen molar-refractivity contribution >= 4 is 6.29 Å². The molecule has 1 heterocycles. The first-order chi connectivity index (χ1) is 4.86. The van der Waals surface area contributed by atoms with Gasteiger partial charge in [-0.3, -0.25) is 4.79 Å². The van der Waals surface area contributed by atoms with Crippen molar-refractivity contribution in [2.24, 2.45) is 0 Å². The van der Waals surface area contributed by atoms with E-state index in [1.807, 2.05) is 0 Å². The average molecular weight is 140 g/mol. The molecule has 54 valence electrons. The largest absolute Gasteiger partial charge is 0.461 e. The molecule has 0 unspecified atom stereocenters. The number of carbonyl (C=O) groups is 1. The molecule has 0 aliphatic rings.